The summed E-state index contributed by atoms with van der Waals surface area (Å²) in [5, 5.41) is 3.46. The molecule has 4 heteroatoms. The Bertz CT molecular complexity index is 431. The summed E-state index contributed by atoms with van der Waals surface area (Å²) in [7, 11) is 1.76. The molecule has 124 valence electrons. The van der Waals surface area contributed by atoms with Gasteiger partial charge in [0.25, 0.3) is 0 Å². The predicted molar refractivity (Wildman–Crippen MR) is 90.3 cm³/mol. The van der Waals surface area contributed by atoms with Gasteiger partial charge in [-0.2, -0.15) is 0 Å². The molecule has 1 heterocycles. The van der Waals surface area contributed by atoms with Crippen LogP contribution in [-0.4, -0.2) is 44.9 Å². The summed E-state index contributed by atoms with van der Waals surface area (Å²) >= 11 is 0. The monoisotopic (exact) mass is 306 g/mol. The molecule has 2 rings (SSSR count). The van der Waals surface area contributed by atoms with Gasteiger partial charge < -0.3 is 14.8 Å². The largest absolute Gasteiger partial charge is 0.496 e. The highest BCUT2D eigenvalue weighted by atomic mass is 16.5. The highest BCUT2D eigenvalue weighted by molar-refractivity contribution is 5.37. The summed E-state index contributed by atoms with van der Waals surface area (Å²) in [5.41, 5.74) is 2.57. The normalized spacial score (nSPS) is 15.4. The van der Waals surface area contributed by atoms with Crippen LogP contribution in [0.25, 0.3) is 0 Å². The molecule has 22 heavy (non-hydrogen) atoms. The highest BCUT2D eigenvalue weighted by Crippen LogP contribution is 2.22. The highest BCUT2D eigenvalue weighted by Gasteiger charge is 2.12. The topological polar surface area (TPSA) is 33.7 Å². The Hall–Kier alpha value is -1.10. The fourth-order valence-corrected chi connectivity index (χ4v) is 2.90. The maximum atomic E-state index is 5.56. The number of rotatable bonds is 10. The van der Waals surface area contributed by atoms with Crippen LogP contribution in [0.3, 0.4) is 0 Å². The van der Waals surface area contributed by atoms with Gasteiger partial charge in [-0.25, -0.2) is 0 Å². The molecular weight excluding hydrogens is 276 g/mol. The van der Waals surface area contributed by atoms with E-state index in [-0.39, 0.29) is 0 Å². The molecule has 1 aromatic carbocycles. The minimum absolute atomic E-state index is 0.798. The summed E-state index contributed by atoms with van der Waals surface area (Å²) in [6.45, 7) is 8.97. The summed E-state index contributed by atoms with van der Waals surface area (Å²) in [5.74, 6) is 0.994. The number of nitrogens with zero attached hydrogens (tertiary/aromatic N) is 1. The van der Waals surface area contributed by atoms with Crippen molar-refractivity contribution < 1.29 is 9.47 Å². The number of likely N-dealkylation sites (tertiary alicyclic amines) is 1. The molecule has 0 atom stereocenters. The van der Waals surface area contributed by atoms with Crippen molar-refractivity contribution in [3.05, 3.63) is 29.3 Å². The molecule has 1 aromatic rings. The number of ether oxygens (including phenoxy) is 2. The fourth-order valence-electron chi connectivity index (χ4n) is 2.90. The van der Waals surface area contributed by atoms with Crippen molar-refractivity contribution in [3.8, 4) is 5.75 Å². The van der Waals surface area contributed by atoms with Gasteiger partial charge in [0.2, 0.25) is 0 Å². The zero-order valence-corrected chi connectivity index (χ0v) is 14.1. The number of nitrogens with one attached hydrogen (secondary N) is 1. The number of hydrogen-bond donors (Lipinski definition) is 1. The van der Waals surface area contributed by atoms with Crippen molar-refractivity contribution in [1.29, 1.82) is 0 Å². The average Bonchev–Trinajstić information content (AvgIpc) is 3.04. The molecule has 0 unspecified atom stereocenters. The second-order valence-electron chi connectivity index (χ2n) is 5.86. The molecular formula is C18H30N2O2. The second-order valence-corrected chi connectivity index (χ2v) is 5.86. The van der Waals surface area contributed by atoms with Gasteiger partial charge in [0.1, 0.15) is 5.75 Å². The summed E-state index contributed by atoms with van der Waals surface area (Å²) in [6.07, 6.45) is 3.71. The molecule has 0 amide bonds. The van der Waals surface area contributed by atoms with Crippen LogP contribution in [0.15, 0.2) is 18.2 Å². The van der Waals surface area contributed by atoms with Crippen LogP contribution >= 0.6 is 0 Å². The van der Waals surface area contributed by atoms with E-state index in [9.17, 15) is 0 Å². The maximum Gasteiger partial charge on any atom is 0.123 e. The van der Waals surface area contributed by atoms with Crippen LogP contribution in [0, 0.1) is 0 Å². The lowest BCUT2D eigenvalue weighted by molar-refractivity contribution is 0.144. The van der Waals surface area contributed by atoms with Crippen molar-refractivity contribution >= 4 is 0 Å². The Balaban J connectivity index is 1.80. The predicted octanol–water partition coefficient (Wildman–Crippen LogP) is 2.81. The minimum atomic E-state index is 0.798. The van der Waals surface area contributed by atoms with Crippen LogP contribution in [-0.2, 0) is 17.8 Å². The third-order valence-corrected chi connectivity index (χ3v) is 4.12. The van der Waals surface area contributed by atoms with E-state index in [0.29, 0.717) is 0 Å². The summed E-state index contributed by atoms with van der Waals surface area (Å²) in [6, 6.07) is 6.62. The zero-order valence-electron chi connectivity index (χ0n) is 14.1. The molecule has 0 spiro atoms. The molecule has 0 radical (unpaired) electrons. The van der Waals surface area contributed by atoms with Crippen LogP contribution in [0.4, 0.5) is 0 Å². The molecule has 1 saturated heterocycles. The number of hydrogen-bond acceptors (Lipinski definition) is 4. The lowest BCUT2D eigenvalue weighted by atomic mass is 10.1. The molecule has 0 aliphatic carbocycles. The number of benzene rings is 1. The lowest BCUT2D eigenvalue weighted by Crippen LogP contribution is -2.19. The van der Waals surface area contributed by atoms with Gasteiger partial charge in [-0.15, -0.1) is 0 Å². The van der Waals surface area contributed by atoms with Crippen molar-refractivity contribution in [2.24, 2.45) is 0 Å². The molecule has 1 aliphatic rings. The smallest absolute Gasteiger partial charge is 0.123 e. The average molecular weight is 306 g/mol. The standard InChI is InChI=1S/C18H30N2O2/c1-3-22-12-6-9-19-14-17-8-7-16(13-18(17)21-2)15-20-10-4-5-11-20/h7-8,13,19H,3-6,9-12,14-15H2,1-2H3. The first-order valence-electron chi connectivity index (χ1n) is 8.50. The quantitative estimate of drug-likeness (QED) is 0.674. The van der Waals surface area contributed by atoms with E-state index in [1.165, 1.54) is 37.1 Å². The van der Waals surface area contributed by atoms with Crippen molar-refractivity contribution in [2.45, 2.75) is 39.3 Å². The molecule has 1 N–H and O–H groups in total. The first kappa shape index (κ1) is 17.3. The zero-order chi connectivity index (χ0) is 15.6. The van der Waals surface area contributed by atoms with Crippen LogP contribution in [0.1, 0.15) is 37.3 Å². The Kier molecular flexibility index (Phi) is 7.71. The lowest BCUT2D eigenvalue weighted by Gasteiger charge is -2.16. The molecule has 1 fully saturated rings. The van der Waals surface area contributed by atoms with Crippen LogP contribution in [0.5, 0.6) is 5.75 Å². The van der Waals surface area contributed by atoms with Crippen molar-refractivity contribution in [2.75, 3.05) is 40.0 Å². The SMILES string of the molecule is CCOCCCNCc1ccc(CN2CCCC2)cc1OC. The van der Waals surface area contributed by atoms with Crippen molar-refractivity contribution in [3.63, 3.8) is 0 Å². The van der Waals surface area contributed by atoms with Crippen molar-refractivity contribution in [1.82, 2.24) is 10.2 Å². The Labute approximate surface area is 134 Å². The Morgan fingerprint density at radius 3 is 2.77 bits per heavy atom. The van der Waals surface area contributed by atoms with E-state index in [1.54, 1.807) is 7.11 Å². The third kappa shape index (κ3) is 5.59. The summed E-state index contributed by atoms with van der Waals surface area (Å²) in [4.78, 5) is 2.51. The van der Waals surface area contributed by atoms with E-state index >= 15 is 0 Å². The fraction of sp³-hybridized carbons (Fsp3) is 0.667. The molecule has 0 aromatic heterocycles. The van der Waals surface area contributed by atoms with Gasteiger partial charge in [0.15, 0.2) is 0 Å². The van der Waals surface area contributed by atoms with Gasteiger partial charge in [-0.05, 0) is 57.5 Å². The van der Waals surface area contributed by atoms with E-state index in [4.69, 9.17) is 9.47 Å². The van der Waals surface area contributed by atoms with Gasteiger partial charge in [0, 0.05) is 31.9 Å². The van der Waals surface area contributed by atoms with Crippen LogP contribution < -0.4 is 10.1 Å². The van der Waals surface area contributed by atoms with E-state index in [2.05, 4.69) is 28.4 Å². The Morgan fingerprint density at radius 1 is 1.23 bits per heavy atom. The first-order valence-corrected chi connectivity index (χ1v) is 8.50. The van der Waals surface area contributed by atoms with Gasteiger partial charge >= 0.3 is 0 Å². The molecule has 1 aliphatic heterocycles. The Morgan fingerprint density at radius 2 is 2.05 bits per heavy atom. The number of methoxy groups -OCH3 is 1. The van der Waals surface area contributed by atoms with E-state index in [1.807, 2.05) is 6.92 Å². The molecule has 0 bridgehead atoms. The molecule has 0 saturated carbocycles. The summed E-state index contributed by atoms with van der Waals surface area (Å²) < 4.78 is 10.9. The molecule has 4 nitrogen and oxygen atoms in total. The first-order chi connectivity index (χ1) is 10.8. The van der Waals surface area contributed by atoms with Crippen LogP contribution in [0.2, 0.25) is 0 Å². The van der Waals surface area contributed by atoms with E-state index < -0.39 is 0 Å². The van der Waals surface area contributed by atoms with Gasteiger partial charge in [-0.3, -0.25) is 4.90 Å². The third-order valence-electron chi connectivity index (χ3n) is 4.12. The maximum absolute atomic E-state index is 5.56. The minimum Gasteiger partial charge on any atom is -0.496 e. The van der Waals surface area contributed by atoms with Gasteiger partial charge in [0.05, 0.1) is 7.11 Å². The van der Waals surface area contributed by atoms with Gasteiger partial charge in [-0.1, -0.05) is 12.1 Å². The second kappa shape index (κ2) is 9.82. The van der Waals surface area contributed by atoms with E-state index in [0.717, 1.165) is 45.0 Å².